The Morgan fingerprint density at radius 2 is 1.78 bits per heavy atom. The molecule has 0 saturated carbocycles. The maximum Gasteiger partial charge on any atom is 0.192 e. The number of nitrogens with zero attached hydrogens (tertiary/aromatic N) is 5. The first-order valence-corrected chi connectivity index (χ1v) is 9.63. The Kier molecular flexibility index (Phi) is 5.02. The summed E-state index contributed by atoms with van der Waals surface area (Å²) in [5, 5.41) is 13.8. The van der Waals surface area contributed by atoms with Crippen LogP contribution in [0.25, 0.3) is 11.4 Å². The van der Waals surface area contributed by atoms with Crippen LogP contribution < -0.4 is 0 Å². The molecule has 0 radical (unpaired) electrons. The molecule has 4 rings (SSSR count). The summed E-state index contributed by atoms with van der Waals surface area (Å²) < 4.78 is 7.42. The summed E-state index contributed by atoms with van der Waals surface area (Å²) >= 11 is 1.64. The Labute approximate surface area is 161 Å². The van der Waals surface area contributed by atoms with E-state index >= 15 is 0 Å². The Hall–Kier alpha value is -2.93. The monoisotopic (exact) mass is 377 g/mol. The third-order valence-electron chi connectivity index (χ3n) is 4.37. The molecule has 0 bridgehead atoms. The van der Waals surface area contributed by atoms with Crippen LogP contribution in [-0.4, -0.2) is 24.9 Å². The second-order valence-electron chi connectivity index (χ2n) is 6.21. The molecule has 0 aliphatic heterocycles. The zero-order valence-corrected chi connectivity index (χ0v) is 16.0. The van der Waals surface area contributed by atoms with Crippen LogP contribution in [-0.2, 0) is 12.3 Å². The molecule has 0 spiro atoms. The van der Waals surface area contributed by atoms with Crippen molar-refractivity contribution >= 4 is 11.8 Å². The average molecular weight is 377 g/mol. The molecule has 6 nitrogen and oxygen atoms in total. The van der Waals surface area contributed by atoms with Crippen molar-refractivity contribution in [3.8, 4) is 11.4 Å². The van der Waals surface area contributed by atoms with E-state index in [1.54, 1.807) is 24.2 Å². The normalized spacial score (nSPS) is 11.0. The van der Waals surface area contributed by atoms with Gasteiger partial charge in [0.15, 0.2) is 11.0 Å². The molecule has 0 atom stereocenters. The summed E-state index contributed by atoms with van der Waals surface area (Å²) in [4.78, 5) is 4.10. The molecule has 136 valence electrons. The highest BCUT2D eigenvalue weighted by Crippen LogP contribution is 2.29. The topological polar surface area (TPSA) is 69.6 Å². The zero-order chi connectivity index (χ0) is 18.6. The van der Waals surface area contributed by atoms with Crippen molar-refractivity contribution in [2.75, 3.05) is 0 Å². The minimum absolute atomic E-state index is 0.704. The Morgan fingerprint density at radius 3 is 2.48 bits per heavy atom. The third kappa shape index (κ3) is 3.78. The van der Waals surface area contributed by atoms with Crippen molar-refractivity contribution in [1.29, 1.82) is 0 Å². The van der Waals surface area contributed by atoms with Crippen LogP contribution >= 0.6 is 11.8 Å². The van der Waals surface area contributed by atoms with Gasteiger partial charge in [0.05, 0.1) is 12.2 Å². The second kappa shape index (κ2) is 7.75. The van der Waals surface area contributed by atoms with Crippen molar-refractivity contribution in [3.05, 3.63) is 77.4 Å². The van der Waals surface area contributed by atoms with Gasteiger partial charge in [-0.05, 0) is 31.5 Å². The fourth-order valence-electron chi connectivity index (χ4n) is 2.86. The third-order valence-corrected chi connectivity index (χ3v) is 5.36. The molecule has 0 saturated heterocycles. The van der Waals surface area contributed by atoms with Gasteiger partial charge < -0.3 is 4.52 Å². The van der Waals surface area contributed by atoms with E-state index in [0.717, 1.165) is 39.3 Å². The lowest BCUT2D eigenvalue weighted by molar-refractivity contribution is 0.392. The maximum absolute atomic E-state index is 5.27. The quantitative estimate of drug-likeness (QED) is 0.467. The molecule has 1 aromatic carbocycles. The molecule has 27 heavy (non-hydrogen) atoms. The summed E-state index contributed by atoms with van der Waals surface area (Å²) in [5.74, 6) is 2.43. The van der Waals surface area contributed by atoms with E-state index in [4.69, 9.17) is 4.52 Å². The highest BCUT2D eigenvalue weighted by Gasteiger charge is 2.17. The van der Waals surface area contributed by atoms with Crippen LogP contribution in [0, 0.1) is 13.8 Å². The number of thioether (sulfide) groups is 1. The van der Waals surface area contributed by atoms with Crippen LogP contribution in [0.3, 0.4) is 0 Å². The first kappa shape index (κ1) is 17.5. The van der Waals surface area contributed by atoms with Gasteiger partial charge in [0.25, 0.3) is 0 Å². The second-order valence-corrected chi connectivity index (χ2v) is 7.15. The van der Waals surface area contributed by atoms with Gasteiger partial charge >= 0.3 is 0 Å². The van der Waals surface area contributed by atoms with E-state index in [1.807, 2.05) is 44.2 Å². The molecular weight excluding hydrogens is 358 g/mol. The number of aryl methyl sites for hydroxylation is 2. The van der Waals surface area contributed by atoms with E-state index in [1.165, 1.54) is 5.56 Å². The number of benzene rings is 1. The lowest BCUT2D eigenvalue weighted by atomic mass is 10.2. The molecule has 0 aliphatic carbocycles. The molecule has 3 heterocycles. The lowest BCUT2D eigenvalue weighted by Crippen LogP contribution is -2.04. The SMILES string of the molecule is Cc1noc(C)c1CSc1nnc(-c2ccncc2)n1Cc1ccccc1. The number of hydrogen-bond donors (Lipinski definition) is 0. The van der Waals surface area contributed by atoms with Crippen molar-refractivity contribution in [3.63, 3.8) is 0 Å². The van der Waals surface area contributed by atoms with Gasteiger partial charge in [-0.15, -0.1) is 10.2 Å². The molecule has 0 aliphatic rings. The van der Waals surface area contributed by atoms with Crippen LogP contribution in [0.5, 0.6) is 0 Å². The zero-order valence-electron chi connectivity index (χ0n) is 15.2. The van der Waals surface area contributed by atoms with Crippen molar-refractivity contribution < 1.29 is 4.52 Å². The molecule has 4 aromatic rings. The lowest BCUT2D eigenvalue weighted by Gasteiger charge is -2.10. The van der Waals surface area contributed by atoms with Crippen molar-refractivity contribution in [1.82, 2.24) is 24.9 Å². The van der Waals surface area contributed by atoms with Gasteiger partial charge in [-0.3, -0.25) is 9.55 Å². The minimum Gasteiger partial charge on any atom is -0.361 e. The predicted octanol–water partition coefficient (Wildman–Crippen LogP) is 4.29. The van der Waals surface area contributed by atoms with Crippen LogP contribution in [0.1, 0.15) is 22.6 Å². The fraction of sp³-hybridized carbons (Fsp3) is 0.200. The molecule has 0 unspecified atom stereocenters. The Balaban J connectivity index is 1.67. The van der Waals surface area contributed by atoms with Gasteiger partial charge in [-0.25, -0.2) is 0 Å². The number of pyridine rings is 1. The van der Waals surface area contributed by atoms with Gasteiger partial charge in [0.2, 0.25) is 0 Å². The van der Waals surface area contributed by atoms with E-state index in [2.05, 4.69) is 37.0 Å². The summed E-state index contributed by atoms with van der Waals surface area (Å²) in [7, 11) is 0. The van der Waals surface area contributed by atoms with Crippen LogP contribution in [0.2, 0.25) is 0 Å². The van der Waals surface area contributed by atoms with Crippen molar-refractivity contribution in [2.24, 2.45) is 0 Å². The number of hydrogen-bond acceptors (Lipinski definition) is 6. The first-order chi connectivity index (χ1) is 13.2. The van der Waals surface area contributed by atoms with E-state index < -0.39 is 0 Å². The van der Waals surface area contributed by atoms with E-state index in [0.29, 0.717) is 6.54 Å². The van der Waals surface area contributed by atoms with Crippen LogP contribution in [0.15, 0.2) is 64.5 Å². The summed E-state index contributed by atoms with van der Waals surface area (Å²) in [5.41, 5.74) is 4.23. The standard InChI is InChI=1S/C20H19N5OS/c1-14-18(15(2)26-24-14)13-27-20-23-22-19(17-8-10-21-11-9-17)25(20)12-16-6-4-3-5-7-16/h3-11H,12-13H2,1-2H3. The molecule has 0 fully saturated rings. The summed E-state index contributed by atoms with van der Waals surface area (Å²) in [6, 6.07) is 14.2. The highest BCUT2D eigenvalue weighted by molar-refractivity contribution is 7.98. The van der Waals surface area contributed by atoms with Gasteiger partial charge in [-0.1, -0.05) is 47.3 Å². The average Bonchev–Trinajstić information content (AvgIpc) is 3.24. The van der Waals surface area contributed by atoms with Gasteiger partial charge in [0.1, 0.15) is 5.76 Å². The first-order valence-electron chi connectivity index (χ1n) is 8.64. The van der Waals surface area contributed by atoms with Gasteiger partial charge in [-0.2, -0.15) is 0 Å². The summed E-state index contributed by atoms with van der Waals surface area (Å²) in [6.45, 7) is 4.60. The molecule has 7 heteroatoms. The van der Waals surface area contributed by atoms with E-state index in [-0.39, 0.29) is 0 Å². The molecule has 0 N–H and O–H groups in total. The Morgan fingerprint density at radius 1 is 1.00 bits per heavy atom. The molecular formula is C20H19N5OS. The van der Waals surface area contributed by atoms with Crippen LogP contribution in [0.4, 0.5) is 0 Å². The fourth-order valence-corrected chi connectivity index (χ4v) is 3.95. The predicted molar refractivity (Wildman–Crippen MR) is 104 cm³/mol. The smallest absolute Gasteiger partial charge is 0.192 e. The maximum atomic E-state index is 5.27. The van der Waals surface area contributed by atoms with Gasteiger partial charge in [0, 0.05) is 29.3 Å². The Bertz CT molecular complexity index is 1010. The minimum atomic E-state index is 0.704. The highest BCUT2D eigenvalue weighted by atomic mass is 32.2. The molecule has 0 amide bonds. The number of aromatic nitrogens is 5. The largest absolute Gasteiger partial charge is 0.361 e. The summed E-state index contributed by atoms with van der Waals surface area (Å²) in [6.07, 6.45) is 3.54. The number of rotatable bonds is 6. The van der Waals surface area contributed by atoms with E-state index in [9.17, 15) is 0 Å². The van der Waals surface area contributed by atoms with Crippen molar-refractivity contribution in [2.45, 2.75) is 31.3 Å². The molecule has 3 aromatic heterocycles.